The van der Waals surface area contributed by atoms with E-state index in [1.165, 1.54) is 4.88 Å². The van der Waals surface area contributed by atoms with Gasteiger partial charge in [-0.05, 0) is 38.7 Å². The Kier molecular flexibility index (Phi) is 3.50. The summed E-state index contributed by atoms with van der Waals surface area (Å²) in [5.41, 5.74) is 0.889. The molecule has 4 heteroatoms. The molecule has 1 aliphatic carbocycles. The van der Waals surface area contributed by atoms with Crippen LogP contribution in [0.3, 0.4) is 0 Å². The van der Waals surface area contributed by atoms with Crippen molar-refractivity contribution < 1.29 is 9.90 Å². The predicted octanol–water partition coefficient (Wildman–Crippen LogP) is 2.25. The quantitative estimate of drug-likeness (QED) is 0.863. The molecule has 1 aromatic heterocycles. The molecule has 104 valence electrons. The molecule has 19 heavy (non-hydrogen) atoms. The molecule has 1 saturated heterocycles. The summed E-state index contributed by atoms with van der Waals surface area (Å²) in [6.45, 7) is 6.45. The summed E-state index contributed by atoms with van der Waals surface area (Å²) in [7, 11) is 0. The van der Waals surface area contributed by atoms with Crippen LogP contribution in [0.4, 0.5) is 0 Å². The van der Waals surface area contributed by atoms with Gasteiger partial charge in [0.05, 0.1) is 12.6 Å². The van der Waals surface area contributed by atoms with Crippen LogP contribution in [0.1, 0.15) is 33.0 Å². The summed E-state index contributed by atoms with van der Waals surface area (Å²) in [5.74, 6) is 1.24. The largest absolute Gasteiger partial charge is 0.393 e. The SMILES string of the molecule is Cc1cc(C(=O)CN2CC3CCC(O)C3C2)c(C)s1. The van der Waals surface area contributed by atoms with Gasteiger partial charge < -0.3 is 5.11 Å². The van der Waals surface area contributed by atoms with E-state index in [0.29, 0.717) is 18.4 Å². The highest BCUT2D eigenvalue weighted by Gasteiger charge is 2.42. The van der Waals surface area contributed by atoms with E-state index in [2.05, 4.69) is 4.90 Å². The first-order valence-corrected chi connectivity index (χ1v) is 7.87. The molecule has 3 unspecified atom stereocenters. The van der Waals surface area contributed by atoms with Crippen LogP contribution >= 0.6 is 11.3 Å². The second-order valence-electron chi connectivity index (χ2n) is 6.01. The van der Waals surface area contributed by atoms with Gasteiger partial charge in [-0.25, -0.2) is 0 Å². The minimum Gasteiger partial charge on any atom is -0.393 e. The van der Waals surface area contributed by atoms with Gasteiger partial charge in [0.2, 0.25) is 0 Å². The van der Waals surface area contributed by atoms with Crippen LogP contribution in [-0.4, -0.2) is 41.5 Å². The molecule has 3 nitrogen and oxygen atoms in total. The number of hydrogen-bond donors (Lipinski definition) is 1. The molecule has 0 amide bonds. The van der Waals surface area contributed by atoms with Crippen LogP contribution in [-0.2, 0) is 0 Å². The Morgan fingerprint density at radius 2 is 2.21 bits per heavy atom. The lowest BCUT2D eigenvalue weighted by Gasteiger charge is -2.17. The summed E-state index contributed by atoms with van der Waals surface area (Å²) < 4.78 is 0. The van der Waals surface area contributed by atoms with Crippen LogP contribution in [0.2, 0.25) is 0 Å². The number of carbonyl (C=O) groups is 1. The third-order valence-corrected chi connectivity index (χ3v) is 5.57. The van der Waals surface area contributed by atoms with E-state index >= 15 is 0 Å². The molecule has 1 aliphatic heterocycles. The van der Waals surface area contributed by atoms with Crippen molar-refractivity contribution >= 4 is 17.1 Å². The first-order valence-electron chi connectivity index (χ1n) is 7.05. The first-order chi connectivity index (χ1) is 9.04. The molecule has 0 spiro atoms. The number of nitrogens with zero attached hydrogens (tertiary/aromatic N) is 1. The Morgan fingerprint density at radius 3 is 2.84 bits per heavy atom. The van der Waals surface area contributed by atoms with Crippen molar-refractivity contribution in [3.63, 3.8) is 0 Å². The number of aryl methyl sites for hydroxylation is 2. The minimum absolute atomic E-state index is 0.143. The number of ketones is 1. The Balaban J connectivity index is 1.64. The second-order valence-corrected chi connectivity index (χ2v) is 7.47. The normalized spacial score (nSPS) is 30.8. The lowest BCUT2D eigenvalue weighted by molar-refractivity contribution is 0.0919. The van der Waals surface area contributed by atoms with Crippen molar-refractivity contribution in [2.24, 2.45) is 11.8 Å². The lowest BCUT2D eigenvalue weighted by atomic mass is 10.00. The summed E-state index contributed by atoms with van der Waals surface area (Å²) in [4.78, 5) is 16.9. The fourth-order valence-electron chi connectivity index (χ4n) is 3.65. The van der Waals surface area contributed by atoms with Gasteiger partial charge in [-0.3, -0.25) is 9.69 Å². The topological polar surface area (TPSA) is 40.5 Å². The predicted molar refractivity (Wildman–Crippen MR) is 76.8 cm³/mol. The number of aliphatic hydroxyl groups is 1. The van der Waals surface area contributed by atoms with Crippen molar-refractivity contribution in [3.05, 3.63) is 21.4 Å². The van der Waals surface area contributed by atoms with Gasteiger partial charge in [-0.15, -0.1) is 11.3 Å². The van der Waals surface area contributed by atoms with Gasteiger partial charge >= 0.3 is 0 Å². The lowest BCUT2D eigenvalue weighted by Crippen LogP contribution is -2.30. The van der Waals surface area contributed by atoms with E-state index in [0.717, 1.165) is 36.4 Å². The number of thiophene rings is 1. The van der Waals surface area contributed by atoms with E-state index in [1.807, 2.05) is 19.9 Å². The fourth-order valence-corrected chi connectivity index (χ4v) is 4.60. The average molecular weight is 279 g/mol. The average Bonchev–Trinajstić information content (AvgIpc) is 2.97. The molecular weight excluding hydrogens is 258 g/mol. The highest BCUT2D eigenvalue weighted by molar-refractivity contribution is 7.12. The van der Waals surface area contributed by atoms with E-state index in [4.69, 9.17) is 0 Å². The van der Waals surface area contributed by atoms with Gasteiger partial charge in [0, 0.05) is 34.3 Å². The maximum atomic E-state index is 12.3. The van der Waals surface area contributed by atoms with Gasteiger partial charge in [0.15, 0.2) is 5.78 Å². The van der Waals surface area contributed by atoms with Crippen molar-refractivity contribution in [3.8, 4) is 0 Å². The Morgan fingerprint density at radius 1 is 1.42 bits per heavy atom. The van der Waals surface area contributed by atoms with E-state index in [1.54, 1.807) is 11.3 Å². The molecule has 0 radical (unpaired) electrons. The highest BCUT2D eigenvalue weighted by Crippen LogP contribution is 2.38. The number of Topliss-reactive ketones (excluding diaryl/α,β-unsaturated/α-hetero) is 1. The van der Waals surface area contributed by atoms with Gasteiger partial charge in [-0.2, -0.15) is 0 Å². The molecule has 1 aromatic rings. The zero-order valence-electron chi connectivity index (χ0n) is 11.6. The number of hydrogen-bond acceptors (Lipinski definition) is 4. The van der Waals surface area contributed by atoms with Gasteiger partial charge in [-0.1, -0.05) is 0 Å². The number of aliphatic hydroxyl groups excluding tert-OH is 1. The molecule has 1 saturated carbocycles. The summed E-state index contributed by atoms with van der Waals surface area (Å²) in [6.07, 6.45) is 1.92. The molecular formula is C15H21NO2S. The van der Waals surface area contributed by atoms with Crippen molar-refractivity contribution in [1.29, 1.82) is 0 Å². The molecule has 2 heterocycles. The summed E-state index contributed by atoms with van der Waals surface area (Å²) in [6, 6.07) is 2.01. The van der Waals surface area contributed by atoms with Crippen LogP contribution in [0.25, 0.3) is 0 Å². The maximum absolute atomic E-state index is 12.3. The molecule has 3 rings (SSSR count). The number of likely N-dealkylation sites (tertiary alicyclic amines) is 1. The zero-order valence-corrected chi connectivity index (χ0v) is 12.4. The van der Waals surface area contributed by atoms with Crippen LogP contribution in [0.5, 0.6) is 0 Å². The minimum atomic E-state index is -0.143. The van der Waals surface area contributed by atoms with Gasteiger partial charge in [0.25, 0.3) is 0 Å². The van der Waals surface area contributed by atoms with E-state index in [9.17, 15) is 9.90 Å². The first kappa shape index (κ1) is 13.3. The maximum Gasteiger partial charge on any atom is 0.177 e. The number of fused-ring (bicyclic) bond motifs is 1. The Hall–Kier alpha value is -0.710. The molecule has 1 N–H and O–H groups in total. The molecule has 2 aliphatic rings. The molecule has 0 aromatic carbocycles. The fraction of sp³-hybridized carbons (Fsp3) is 0.667. The van der Waals surface area contributed by atoms with Crippen LogP contribution in [0, 0.1) is 25.7 Å². The summed E-state index contributed by atoms with van der Waals surface area (Å²) >= 11 is 1.69. The van der Waals surface area contributed by atoms with Crippen molar-refractivity contribution in [2.75, 3.05) is 19.6 Å². The monoisotopic (exact) mass is 279 g/mol. The third-order valence-electron chi connectivity index (χ3n) is 4.60. The van der Waals surface area contributed by atoms with Crippen LogP contribution < -0.4 is 0 Å². The summed E-state index contributed by atoms with van der Waals surface area (Å²) in [5, 5.41) is 9.91. The second kappa shape index (κ2) is 5.00. The van der Waals surface area contributed by atoms with Gasteiger partial charge in [0.1, 0.15) is 0 Å². The van der Waals surface area contributed by atoms with Crippen LogP contribution in [0.15, 0.2) is 6.07 Å². The van der Waals surface area contributed by atoms with Crippen molar-refractivity contribution in [2.45, 2.75) is 32.8 Å². The molecule has 0 bridgehead atoms. The smallest absolute Gasteiger partial charge is 0.177 e. The highest BCUT2D eigenvalue weighted by atomic mass is 32.1. The number of carbonyl (C=O) groups excluding carboxylic acids is 1. The Labute approximate surface area is 118 Å². The standard InChI is InChI=1S/C15H21NO2S/c1-9-5-12(10(2)19-9)15(18)8-16-6-11-3-4-14(17)13(11)7-16/h5,11,13-14,17H,3-4,6-8H2,1-2H3. The van der Waals surface area contributed by atoms with E-state index < -0.39 is 0 Å². The number of rotatable bonds is 3. The van der Waals surface area contributed by atoms with Crippen molar-refractivity contribution in [1.82, 2.24) is 4.90 Å². The molecule has 2 fully saturated rings. The van der Waals surface area contributed by atoms with E-state index in [-0.39, 0.29) is 11.9 Å². The zero-order chi connectivity index (χ0) is 13.6. The third kappa shape index (κ3) is 2.49. The molecule has 3 atom stereocenters. The Bertz CT molecular complexity index is 496.